The van der Waals surface area contributed by atoms with Gasteiger partial charge in [0.05, 0.1) is 20.1 Å². The molecule has 0 saturated carbocycles. The summed E-state index contributed by atoms with van der Waals surface area (Å²) in [6.45, 7) is 1.18. The largest absolute Gasteiger partial charge is 0.493 e. The summed E-state index contributed by atoms with van der Waals surface area (Å²) in [7, 11) is 3.15. The molecule has 1 aliphatic rings. The third-order valence-corrected chi connectivity index (χ3v) is 3.37. The number of halogens is 1. The van der Waals surface area contributed by atoms with E-state index in [1.165, 1.54) is 0 Å². The Labute approximate surface area is 118 Å². The zero-order chi connectivity index (χ0) is 13.1. The summed E-state index contributed by atoms with van der Waals surface area (Å²) in [6.07, 6.45) is 0. The third-order valence-electron chi connectivity index (χ3n) is 3.37. The average molecular weight is 288 g/mol. The Kier molecular flexibility index (Phi) is 5.44. The molecule has 1 aromatic carbocycles. The molecule has 1 aromatic rings. The maximum absolute atomic E-state index is 11.2. The van der Waals surface area contributed by atoms with Crippen molar-refractivity contribution in [2.45, 2.75) is 5.92 Å². The van der Waals surface area contributed by atoms with E-state index >= 15 is 0 Å². The summed E-state index contributed by atoms with van der Waals surface area (Å²) >= 11 is 0. The molecular weight excluding hydrogens is 270 g/mol. The number of rotatable bonds is 4. The Morgan fingerprint density at radius 3 is 2.53 bits per heavy atom. The lowest BCUT2D eigenvalue weighted by atomic mass is 9.89. The molecule has 1 heterocycles. The van der Waals surface area contributed by atoms with Crippen molar-refractivity contribution in [3.63, 3.8) is 0 Å². The van der Waals surface area contributed by atoms with Crippen LogP contribution in [0.4, 0.5) is 0 Å². The fourth-order valence-corrected chi connectivity index (χ4v) is 2.37. The van der Waals surface area contributed by atoms with Crippen molar-refractivity contribution in [1.82, 2.24) is 5.32 Å². The first kappa shape index (κ1) is 15.6. The zero-order valence-corrected chi connectivity index (χ0v) is 11.7. The van der Waals surface area contributed by atoms with Crippen LogP contribution in [0.3, 0.4) is 0 Å². The smallest absolute Gasteiger partial charge is 0.308 e. The second kappa shape index (κ2) is 6.63. The minimum absolute atomic E-state index is 0. The normalized spacial score (nSPS) is 21.6. The summed E-state index contributed by atoms with van der Waals surface area (Å²) < 4.78 is 10.4. The van der Waals surface area contributed by atoms with Crippen LogP contribution in [0.15, 0.2) is 18.2 Å². The van der Waals surface area contributed by atoms with Gasteiger partial charge in [-0.1, -0.05) is 6.07 Å². The number of hydrogen-bond donors (Lipinski definition) is 2. The van der Waals surface area contributed by atoms with Gasteiger partial charge >= 0.3 is 5.97 Å². The molecule has 106 valence electrons. The molecular formula is C13H18ClNO4. The lowest BCUT2D eigenvalue weighted by molar-refractivity contribution is -0.141. The Balaban J connectivity index is 0.00000180. The van der Waals surface area contributed by atoms with E-state index in [-0.39, 0.29) is 24.2 Å². The molecule has 0 aromatic heterocycles. The van der Waals surface area contributed by atoms with E-state index in [0.717, 1.165) is 5.56 Å². The van der Waals surface area contributed by atoms with Gasteiger partial charge in [0, 0.05) is 19.0 Å². The molecule has 19 heavy (non-hydrogen) atoms. The van der Waals surface area contributed by atoms with Crippen molar-refractivity contribution >= 4 is 18.4 Å². The summed E-state index contributed by atoms with van der Waals surface area (Å²) in [5.74, 6) is 0.107. The van der Waals surface area contributed by atoms with Crippen LogP contribution in [-0.4, -0.2) is 38.4 Å². The predicted octanol–water partition coefficient (Wildman–Crippen LogP) is 1.51. The van der Waals surface area contributed by atoms with Gasteiger partial charge in [0.15, 0.2) is 11.5 Å². The number of nitrogens with one attached hydrogen (secondary N) is 1. The summed E-state index contributed by atoms with van der Waals surface area (Å²) in [5.41, 5.74) is 0.963. The Bertz CT molecular complexity index is 452. The van der Waals surface area contributed by atoms with Gasteiger partial charge in [-0.25, -0.2) is 0 Å². The monoisotopic (exact) mass is 287 g/mol. The standard InChI is InChI=1S/C13H17NO4.ClH/c1-17-11-4-3-8(5-12(11)18-2)9-6-14-7-10(9)13(15)16;/h3-5,9-10,14H,6-7H2,1-2H3,(H,15,16);1H. The van der Waals surface area contributed by atoms with Crippen LogP contribution in [-0.2, 0) is 4.79 Å². The number of benzene rings is 1. The van der Waals surface area contributed by atoms with Crippen LogP contribution in [0.25, 0.3) is 0 Å². The summed E-state index contributed by atoms with van der Waals surface area (Å²) in [6, 6.07) is 5.56. The van der Waals surface area contributed by atoms with Crippen molar-refractivity contribution in [3.8, 4) is 11.5 Å². The van der Waals surface area contributed by atoms with Crippen LogP contribution in [0.2, 0.25) is 0 Å². The Morgan fingerprint density at radius 2 is 1.95 bits per heavy atom. The second-order valence-corrected chi connectivity index (χ2v) is 4.32. The summed E-state index contributed by atoms with van der Waals surface area (Å²) in [4.78, 5) is 11.2. The molecule has 1 aliphatic heterocycles. The number of carboxylic acids is 1. The quantitative estimate of drug-likeness (QED) is 0.879. The van der Waals surface area contributed by atoms with Gasteiger partial charge in [0.25, 0.3) is 0 Å². The number of methoxy groups -OCH3 is 2. The van der Waals surface area contributed by atoms with Crippen LogP contribution in [0, 0.1) is 5.92 Å². The van der Waals surface area contributed by atoms with Crippen molar-refractivity contribution < 1.29 is 19.4 Å². The van der Waals surface area contributed by atoms with E-state index in [4.69, 9.17) is 9.47 Å². The number of hydrogen-bond acceptors (Lipinski definition) is 4. The highest BCUT2D eigenvalue weighted by Crippen LogP contribution is 2.34. The topological polar surface area (TPSA) is 67.8 Å². The van der Waals surface area contributed by atoms with Crippen LogP contribution in [0.5, 0.6) is 11.5 Å². The van der Waals surface area contributed by atoms with Gasteiger partial charge in [-0.05, 0) is 17.7 Å². The molecule has 5 nitrogen and oxygen atoms in total. The first-order valence-electron chi connectivity index (χ1n) is 5.82. The third kappa shape index (κ3) is 3.11. The van der Waals surface area contributed by atoms with Crippen molar-refractivity contribution in [2.24, 2.45) is 5.92 Å². The van der Waals surface area contributed by atoms with E-state index in [2.05, 4.69) is 5.32 Å². The van der Waals surface area contributed by atoms with Gasteiger partial charge in [0.1, 0.15) is 0 Å². The first-order valence-corrected chi connectivity index (χ1v) is 5.82. The lowest BCUT2D eigenvalue weighted by Crippen LogP contribution is -2.21. The number of aliphatic carboxylic acids is 1. The molecule has 2 atom stereocenters. The van der Waals surface area contributed by atoms with Crippen LogP contribution in [0.1, 0.15) is 11.5 Å². The average Bonchev–Trinajstić information content (AvgIpc) is 2.87. The van der Waals surface area contributed by atoms with Crippen molar-refractivity contribution in [2.75, 3.05) is 27.3 Å². The maximum Gasteiger partial charge on any atom is 0.308 e. The minimum atomic E-state index is -0.764. The highest BCUT2D eigenvalue weighted by molar-refractivity contribution is 5.85. The molecule has 0 spiro atoms. The Morgan fingerprint density at radius 1 is 1.26 bits per heavy atom. The predicted molar refractivity (Wildman–Crippen MR) is 73.5 cm³/mol. The highest BCUT2D eigenvalue weighted by Gasteiger charge is 2.34. The Hall–Kier alpha value is -1.46. The lowest BCUT2D eigenvalue weighted by Gasteiger charge is -2.17. The molecule has 2 rings (SSSR count). The van der Waals surface area contributed by atoms with E-state index < -0.39 is 5.97 Å². The second-order valence-electron chi connectivity index (χ2n) is 4.32. The van der Waals surface area contributed by atoms with Crippen molar-refractivity contribution in [1.29, 1.82) is 0 Å². The molecule has 0 radical (unpaired) electrons. The van der Waals surface area contributed by atoms with E-state index in [0.29, 0.717) is 24.6 Å². The molecule has 6 heteroatoms. The molecule has 2 N–H and O–H groups in total. The highest BCUT2D eigenvalue weighted by atomic mass is 35.5. The molecule has 0 bridgehead atoms. The summed E-state index contributed by atoms with van der Waals surface area (Å²) in [5, 5.41) is 12.3. The fourth-order valence-electron chi connectivity index (χ4n) is 2.37. The van der Waals surface area contributed by atoms with E-state index in [9.17, 15) is 9.90 Å². The number of ether oxygens (including phenoxy) is 2. The first-order chi connectivity index (χ1) is 8.67. The van der Waals surface area contributed by atoms with E-state index in [1.54, 1.807) is 14.2 Å². The van der Waals surface area contributed by atoms with Crippen LogP contribution >= 0.6 is 12.4 Å². The molecule has 1 saturated heterocycles. The zero-order valence-electron chi connectivity index (χ0n) is 10.9. The number of carboxylic acid groups (broad SMARTS) is 1. The van der Waals surface area contributed by atoms with Gasteiger partial charge < -0.3 is 19.9 Å². The SMILES string of the molecule is COc1ccc(C2CNCC2C(=O)O)cc1OC.Cl. The maximum atomic E-state index is 11.2. The van der Waals surface area contributed by atoms with Gasteiger partial charge in [0.2, 0.25) is 0 Å². The van der Waals surface area contributed by atoms with Crippen molar-refractivity contribution in [3.05, 3.63) is 23.8 Å². The molecule has 2 unspecified atom stereocenters. The van der Waals surface area contributed by atoms with Gasteiger partial charge in [-0.15, -0.1) is 12.4 Å². The molecule has 0 aliphatic carbocycles. The van der Waals surface area contributed by atoms with E-state index in [1.807, 2.05) is 18.2 Å². The van der Waals surface area contributed by atoms with Gasteiger partial charge in [-0.3, -0.25) is 4.79 Å². The van der Waals surface area contributed by atoms with Crippen LogP contribution < -0.4 is 14.8 Å². The van der Waals surface area contributed by atoms with Gasteiger partial charge in [-0.2, -0.15) is 0 Å². The number of carbonyl (C=O) groups is 1. The molecule has 0 amide bonds. The fraction of sp³-hybridized carbons (Fsp3) is 0.462. The minimum Gasteiger partial charge on any atom is -0.493 e. The molecule has 1 fully saturated rings.